The quantitative estimate of drug-likeness (QED) is 0.590. The summed E-state index contributed by atoms with van der Waals surface area (Å²) in [5.74, 6) is 0.548. The number of aromatic nitrogens is 2. The first-order valence-corrected chi connectivity index (χ1v) is 7.32. The largest absolute Gasteiger partial charge is 0.364 e. The Hall–Kier alpha value is -1.63. The number of nitro groups is 1. The van der Waals surface area contributed by atoms with Crippen LogP contribution in [-0.4, -0.2) is 33.8 Å². The molecule has 0 unspecified atom stereocenters. The van der Waals surface area contributed by atoms with Gasteiger partial charge >= 0.3 is 5.69 Å². The topological polar surface area (TPSA) is 85.0 Å². The zero-order chi connectivity index (χ0) is 14.5. The highest BCUT2D eigenvalue weighted by atomic mass is 16.6. The van der Waals surface area contributed by atoms with Gasteiger partial charge < -0.3 is 10.6 Å². The van der Waals surface area contributed by atoms with E-state index in [4.69, 9.17) is 0 Å². The molecular weight excluding hydrogens is 258 g/mol. The fourth-order valence-electron chi connectivity index (χ4n) is 2.71. The monoisotopic (exact) mass is 281 g/mol. The van der Waals surface area contributed by atoms with Gasteiger partial charge in [0.05, 0.1) is 4.92 Å². The number of nitrogens with one attached hydrogen (secondary N) is 2. The van der Waals surface area contributed by atoms with Crippen LogP contribution in [-0.2, 0) is 6.54 Å². The van der Waals surface area contributed by atoms with Gasteiger partial charge in [-0.3, -0.25) is 10.1 Å². The van der Waals surface area contributed by atoms with Gasteiger partial charge in [-0.05, 0) is 39.2 Å². The number of rotatable bonds is 7. The lowest BCUT2D eigenvalue weighted by molar-refractivity contribution is -0.384. The van der Waals surface area contributed by atoms with E-state index in [0.717, 1.165) is 25.9 Å². The van der Waals surface area contributed by atoms with Crippen molar-refractivity contribution in [3.05, 3.63) is 15.8 Å². The van der Waals surface area contributed by atoms with Gasteiger partial charge in [-0.25, -0.2) is 4.68 Å². The molecule has 0 aliphatic carbocycles. The van der Waals surface area contributed by atoms with Gasteiger partial charge in [-0.2, -0.15) is 5.10 Å². The number of anilines is 1. The van der Waals surface area contributed by atoms with Crippen LogP contribution in [0.4, 0.5) is 11.5 Å². The third-order valence-electron chi connectivity index (χ3n) is 3.66. The van der Waals surface area contributed by atoms with Gasteiger partial charge in [0.2, 0.25) is 5.82 Å². The number of nitrogens with zero attached hydrogens (tertiary/aromatic N) is 3. The van der Waals surface area contributed by atoms with E-state index in [1.807, 2.05) is 6.92 Å². The zero-order valence-corrected chi connectivity index (χ0v) is 12.2. The summed E-state index contributed by atoms with van der Waals surface area (Å²) in [5, 5.41) is 22.1. The third kappa shape index (κ3) is 3.27. The minimum absolute atomic E-state index is 0.109. The molecule has 0 saturated carbocycles. The van der Waals surface area contributed by atoms with Crippen LogP contribution < -0.4 is 10.6 Å². The first-order valence-electron chi connectivity index (χ1n) is 7.32. The van der Waals surface area contributed by atoms with E-state index < -0.39 is 0 Å². The number of hydrogen-bond acceptors (Lipinski definition) is 5. The van der Waals surface area contributed by atoms with E-state index in [2.05, 4.69) is 15.7 Å². The van der Waals surface area contributed by atoms with Crippen molar-refractivity contribution in [2.45, 2.75) is 52.1 Å². The summed E-state index contributed by atoms with van der Waals surface area (Å²) in [7, 11) is 0. The Labute approximate surface area is 118 Å². The summed E-state index contributed by atoms with van der Waals surface area (Å²) in [5.41, 5.74) is 0.586. The second-order valence-electron chi connectivity index (χ2n) is 5.27. The molecule has 0 aromatic carbocycles. The van der Waals surface area contributed by atoms with E-state index in [1.54, 1.807) is 11.6 Å². The normalized spacial score (nSPS) is 18.4. The van der Waals surface area contributed by atoms with Crippen LogP contribution in [0.1, 0.15) is 38.3 Å². The van der Waals surface area contributed by atoms with Crippen molar-refractivity contribution in [1.82, 2.24) is 15.1 Å². The Balaban J connectivity index is 2.04. The van der Waals surface area contributed by atoms with Crippen LogP contribution in [0.2, 0.25) is 0 Å². The number of hydrogen-bond donors (Lipinski definition) is 2. The molecule has 2 heterocycles. The molecule has 20 heavy (non-hydrogen) atoms. The van der Waals surface area contributed by atoms with E-state index in [0.29, 0.717) is 24.1 Å². The predicted octanol–water partition coefficient (Wildman–Crippen LogP) is 2.06. The first-order chi connectivity index (χ1) is 9.63. The van der Waals surface area contributed by atoms with E-state index in [-0.39, 0.29) is 10.6 Å². The predicted molar refractivity (Wildman–Crippen MR) is 78.0 cm³/mol. The molecule has 0 amide bonds. The van der Waals surface area contributed by atoms with Crippen molar-refractivity contribution in [2.75, 3.05) is 18.4 Å². The van der Waals surface area contributed by atoms with Gasteiger partial charge in [-0.1, -0.05) is 6.92 Å². The van der Waals surface area contributed by atoms with Crippen molar-refractivity contribution in [2.24, 2.45) is 0 Å². The molecule has 1 aliphatic heterocycles. The van der Waals surface area contributed by atoms with E-state index >= 15 is 0 Å². The molecule has 7 nitrogen and oxygen atoms in total. The molecule has 0 radical (unpaired) electrons. The molecule has 0 bridgehead atoms. The Morgan fingerprint density at radius 3 is 3.00 bits per heavy atom. The SMILES string of the molecule is CCCn1nc(C)c([N+](=O)[O-])c1NCC[C@H]1CCCN1. The summed E-state index contributed by atoms with van der Waals surface area (Å²) < 4.78 is 1.72. The van der Waals surface area contributed by atoms with Crippen LogP contribution in [0.5, 0.6) is 0 Å². The third-order valence-corrected chi connectivity index (χ3v) is 3.66. The molecule has 1 fully saturated rings. The van der Waals surface area contributed by atoms with E-state index in [1.165, 1.54) is 12.8 Å². The average molecular weight is 281 g/mol. The molecule has 1 aromatic rings. The molecule has 1 aromatic heterocycles. The van der Waals surface area contributed by atoms with E-state index in [9.17, 15) is 10.1 Å². The maximum Gasteiger partial charge on any atom is 0.333 e. The molecule has 2 N–H and O–H groups in total. The van der Waals surface area contributed by atoms with Crippen LogP contribution in [0.3, 0.4) is 0 Å². The molecule has 112 valence electrons. The Kier molecular flexibility index (Phi) is 4.94. The highest BCUT2D eigenvalue weighted by Gasteiger charge is 2.25. The lowest BCUT2D eigenvalue weighted by Crippen LogP contribution is -2.24. The summed E-state index contributed by atoms with van der Waals surface area (Å²) in [6, 6.07) is 0.533. The second kappa shape index (κ2) is 6.69. The highest BCUT2D eigenvalue weighted by molar-refractivity contribution is 5.59. The molecule has 7 heteroatoms. The molecule has 1 atom stereocenters. The maximum absolute atomic E-state index is 11.2. The first kappa shape index (κ1) is 14.8. The summed E-state index contributed by atoms with van der Waals surface area (Å²) in [4.78, 5) is 10.8. The van der Waals surface area contributed by atoms with Crippen LogP contribution in [0.25, 0.3) is 0 Å². The molecule has 1 aliphatic rings. The van der Waals surface area contributed by atoms with Gasteiger partial charge in [0.25, 0.3) is 0 Å². The van der Waals surface area contributed by atoms with Crippen LogP contribution >= 0.6 is 0 Å². The molecule has 0 spiro atoms. The van der Waals surface area contributed by atoms with Crippen molar-refractivity contribution in [3.8, 4) is 0 Å². The van der Waals surface area contributed by atoms with Crippen molar-refractivity contribution in [1.29, 1.82) is 0 Å². The minimum atomic E-state index is -0.343. The van der Waals surface area contributed by atoms with Crippen molar-refractivity contribution in [3.63, 3.8) is 0 Å². The summed E-state index contributed by atoms with van der Waals surface area (Å²) in [6.45, 7) is 6.23. The van der Waals surface area contributed by atoms with Gasteiger partial charge in [-0.15, -0.1) is 0 Å². The molecule has 1 saturated heterocycles. The van der Waals surface area contributed by atoms with Crippen LogP contribution in [0, 0.1) is 17.0 Å². The standard InChI is InChI=1S/C13H23N5O2/c1-3-9-17-13(12(18(19)20)10(2)16-17)15-8-6-11-5-4-7-14-11/h11,14-15H,3-9H2,1-2H3/t11-/m1/s1. The Bertz CT molecular complexity index is 466. The van der Waals surface area contributed by atoms with Gasteiger partial charge in [0.15, 0.2) is 0 Å². The molecule has 2 rings (SSSR count). The minimum Gasteiger partial charge on any atom is -0.364 e. The summed E-state index contributed by atoms with van der Waals surface area (Å²) >= 11 is 0. The molecular formula is C13H23N5O2. The fourth-order valence-corrected chi connectivity index (χ4v) is 2.71. The second-order valence-corrected chi connectivity index (χ2v) is 5.27. The van der Waals surface area contributed by atoms with Crippen molar-refractivity contribution < 1.29 is 4.92 Å². The fraction of sp³-hybridized carbons (Fsp3) is 0.769. The van der Waals surface area contributed by atoms with Gasteiger partial charge in [0.1, 0.15) is 5.69 Å². The lowest BCUT2D eigenvalue weighted by Gasteiger charge is -2.12. The zero-order valence-electron chi connectivity index (χ0n) is 12.2. The van der Waals surface area contributed by atoms with Crippen LogP contribution in [0.15, 0.2) is 0 Å². The van der Waals surface area contributed by atoms with Crippen molar-refractivity contribution >= 4 is 11.5 Å². The van der Waals surface area contributed by atoms with Gasteiger partial charge in [0, 0.05) is 19.1 Å². The summed E-state index contributed by atoms with van der Waals surface area (Å²) in [6.07, 6.45) is 4.29. The lowest BCUT2D eigenvalue weighted by atomic mass is 10.1. The Morgan fingerprint density at radius 2 is 2.40 bits per heavy atom. The maximum atomic E-state index is 11.2. The average Bonchev–Trinajstić information content (AvgIpc) is 2.99. The smallest absolute Gasteiger partial charge is 0.333 e. The number of aryl methyl sites for hydroxylation is 2. The Morgan fingerprint density at radius 1 is 1.60 bits per heavy atom. The highest BCUT2D eigenvalue weighted by Crippen LogP contribution is 2.28.